The highest BCUT2D eigenvalue weighted by atomic mass is 32.2. The van der Waals surface area contributed by atoms with Crippen molar-refractivity contribution in [1.82, 2.24) is 13.9 Å². The molecule has 1 heterocycles. The first-order valence-electron chi connectivity index (χ1n) is 7.91. The van der Waals surface area contributed by atoms with Crippen molar-refractivity contribution in [1.29, 1.82) is 0 Å². The highest BCUT2D eigenvalue weighted by molar-refractivity contribution is 7.86. The fourth-order valence-corrected chi connectivity index (χ4v) is 3.79. The van der Waals surface area contributed by atoms with Gasteiger partial charge < -0.3 is 10.1 Å². The molecule has 0 amide bonds. The predicted molar refractivity (Wildman–Crippen MR) is 85.5 cm³/mol. The van der Waals surface area contributed by atoms with Gasteiger partial charge in [0.2, 0.25) is 0 Å². The molecule has 0 aromatic heterocycles. The summed E-state index contributed by atoms with van der Waals surface area (Å²) in [4.78, 5) is 0. The molecule has 1 N–H and O–H groups in total. The van der Waals surface area contributed by atoms with Crippen molar-refractivity contribution in [3.8, 4) is 0 Å². The molecule has 0 bridgehead atoms. The van der Waals surface area contributed by atoms with Crippen molar-refractivity contribution in [2.75, 3.05) is 46.4 Å². The van der Waals surface area contributed by atoms with Crippen molar-refractivity contribution >= 4 is 10.2 Å². The molecular formula is C14H31N3O3S. The zero-order valence-electron chi connectivity index (χ0n) is 13.8. The lowest BCUT2D eigenvalue weighted by Crippen LogP contribution is -2.47. The van der Waals surface area contributed by atoms with Gasteiger partial charge in [-0.3, -0.25) is 0 Å². The largest absolute Gasteiger partial charge is 0.377 e. The van der Waals surface area contributed by atoms with E-state index in [9.17, 15) is 8.42 Å². The van der Waals surface area contributed by atoms with Crippen LogP contribution < -0.4 is 5.32 Å². The number of hydrogen-bond acceptors (Lipinski definition) is 4. The molecule has 126 valence electrons. The summed E-state index contributed by atoms with van der Waals surface area (Å²) in [5, 5.41) is 3.34. The summed E-state index contributed by atoms with van der Waals surface area (Å²) >= 11 is 0. The summed E-state index contributed by atoms with van der Waals surface area (Å²) in [7, 11) is -1.71. The van der Waals surface area contributed by atoms with E-state index in [1.165, 1.54) is 4.31 Å². The first-order chi connectivity index (χ1) is 9.87. The molecule has 7 heteroatoms. The van der Waals surface area contributed by atoms with Crippen LogP contribution in [-0.4, -0.2) is 69.5 Å². The summed E-state index contributed by atoms with van der Waals surface area (Å²) < 4.78 is 33.4. The van der Waals surface area contributed by atoms with Crippen molar-refractivity contribution in [2.24, 2.45) is 5.92 Å². The summed E-state index contributed by atoms with van der Waals surface area (Å²) in [5.74, 6) is 0.589. The molecule has 0 radical (unpaired) electrons. The molecule has 1 aliphatic rings. The van der Waals surface area contributed by atoms with Gasteiger partial charge in [0, 0.05) is 26.7 Å². The second kappa shape index (κ2) is 9.05. The number of likely N-dealkylation sites (N-methyl/N-ethyl adjacent to an activating group) is 1. The van der Waals surface area contributed by atoms with Gasteiger partial charge in [-0.25, -0.2) is 0 Å². The summed E-state index contributed by atoms with van der Waals surface area (Å²) in [6.45, 7) is 10.0. The lowest BCUT2D eigenvalue weighted by Gasteiger charge is -2.33. The van der Waals surface area contributed by atoms with E-state index in [1.54, 1.807) is 11.4 Å². The predicted octanol–water partition coefficient (Wildman–Crippen LogP) is 0.910. The average Bonchev–Trinajstić information content (AvgIpc) is 2.45. The average molecular weight is 321 g/mol. The van der Waals surface area contributed by atoms with Crippen LogP contribution >= 0.6 is 0 Å². The lowest BCUT2D eigenvalue weighted by molar-refractivity contribution is 0.0727. The van der Waals surface area contributed by atoms with Gasteiger partial charge >= 0.3 is 0 Å². The Hall–Kier alpha value is -0.210. The zero-order chi connectivity index (χ0) is 15.9. The molecule has 0 aromatic rings. The number of hydrogen-bond donors (Lipinski definition) is 1. The smallest absolute Gasteiger partial charge is 0.281 e. The maximum Gasteiger partial charge on any atom is 0.281 e. The number of nitrogens with zero attached hydrogens (tertiary/aromatic N) is 2. The second-order valence-corrected chi connectivity index (χ2v) is 7.93. The van der Waals surface area contributed by atoms with Crippen LogP contribution in [0.15, 0.2) is 0 Å². The standard InChI is InChI=1S/C14H31N3O3S/c1-5-15-12-14-6-8-17(9-7-14)21(18,19)16(4)10-11-20-13(2)3/h13-15H,5-12H2,1-4H3. The van der Waals surface area contributed by atoms with Crippen LogP contribution in [0.2, 0.25) is 0 Å². The first kappa shape index (κ1) is 18.8. The third kappa shape index (κ3) is 6.20. The fraction of sp³-hybridized carbons (Fsp3) is 1.00. The van der Waals surface area contributed by atoms with Gasteiger partial charge in [-0.2, -0.15) is 17.0 Å². The van der Waals surface area contributed by atoms with Gasteiger partial charge in [0.1, 0.15) is 0 Å². The molecule has 0 unspecified atom stereocenters. The van der Waals surface area contributed by atoms with E-state index < -0.39 is 10.2 Å². The fourth-order valence-electron chi connectivity index (χ4n) is 2.42. The molecule has 1 rings (SSSR count). The molecule has 1 saturated heterocycles. The Balaban J connectivity index is 2.41. The molecule has 21 heavy (non-hydrogen) atoms. The van der Waals surface area contributed by atoms with Crippen molar-refractivity contribution in [3.63, 3.8) is 0 Å². The third-order valence-corrected chi connectivity index (χ3v) is 5.82. The zero-order valence-corrected chi connectivity index (χ0v) is 14.7. The van der Waals surface area contributed by atoms with E-state index in [0.29, 0.717) is 32.2 Å². The van der Waals surface area contributed by atoms with Crippen LogP contribution in [0.1, 0.15) is 33.6 Å². The summed E-state index contributed by atoms with van der Waals surface area (Å²) in [6, 6.07) is 0. The summed E-state index contributed by atoms with van der Waals surface area (Å²) in [5.41, 5.74) is 0. The normalized spacial score (nSPS) is 18.8. The first-order valence-corrected chi connectivity index (χ1v) is 9.31. The second-order valence-electron chi connectivity index (χ2n) is 5.90. The summed E-state index contributed by atoms with van der Waals surface area (Å²) in [6.07, 6.45) is 1.99. The lowest BCUT2D eigenvalue weighted by atomic mass is 9.98. The number of nitrogens with one attached hydrogen (secondary N) is 1. The molecule has 0 saturated carbocycles. The minimum absolute atomic E-state index is 0.128. The van der Waals surface area contributed by atoms with Gasteiger partial charge in [0.05, 0.1) is 12.7 Å². The van der Waals surface area contributed by atoms with Gasteiger partial charge in [-0.05, 0) is 45.7 Å². The Morgan fingerprint density at radius 2 is 1.95 bits per heavy atom. The van der Waals surface area contributed by atoms with E-state index >= 15 is 0 Å². The molecule has 0 atom stereocenters. The SMILES string of the molecule is CCNCC1CCN(S(=O)(=O)N(C)CCOC(C)C)CC1. The Labute approximate surface area is 130 Å². The topological polar surface area (TPSA) is 61.9 Å². The van der Waals surface area contributed by atoms with Gasteiger partial charge in [-0.15, -0.1) is 0 Å². The Bertz CT molecular complexity index is 379. The van der Waals surface area contributed by atoms with Crippen LogP contribution in [0.5, 0.6) is 0 Å². The Morgan fingerprint density at radius 3 is 2.48 bits per heavy atom. The van der Waals surface area contributed by atoms with E-state index in [1.807, 2.05) is 13.8 Å². The number of ether oxygens (including phenoxy) is 1. The minimum atomic E-state index is -3.34. The number of rotatable bonds is 9. The van der Waals surface area contributed by atoms with Crippen molar-refractivity contribution in [3.05, 3.63) is 0 Å². The molecule has 1 aliphatic heterocycles. The van der Waals surface area contributed by atoms with Crippen LogP contribution in [0.4, 0.5) is 0 Å². The van der Waals surface area contributed by atoms with E-state index in [0.717, 1.165) is 25.9 Å². The minimum Gasteiger partial charge on any atom is -0.377 e. The van der Waals surface area contributed by atoms with E-state index in [4.69, 9.17) is 4.74 Å². The molecular weight excluding hydrogens is 290 g/mol. The molecule has 6 nitrogen and oxygen atoms in total. The highest BCUT2D eigenvalue weighted by Crippen LogP contribution is 2.20. The highest BCUT2D eigenvalue weighted by Gasteiger charge is 2.30. The van der Waals surface area contributed by atoms with Crippen molar-refractivity contribution < 1.29 is 13.2 Å². The van der Waals surface area contributed by atoms with Crippen molar-refractivity contribution in [2.45, 2.75) is 39.7 Å². The van der Waals surface area contributed by atoms with E-state index in [-0.39, 0.29) is 6.10 Å². The van der Waals surface area contributed by atoms with Gasteiger partial charge in [0.25, 0.3) is 10.2 Å². The third-order valence-electron chi connectivity index (χ3n) is 3.83. The number of piperidine rings is 1. The Morgan fingerprint density at radius 1 is 1.33 bits per heavy atom. The van der Waals surface area contributed by atoms with Gasteiger partial charge in [0.15, 0.2) is 0 Å². The molecule has 1 fully saturated rings. The monoisotopic (exact) mass is 321 g/mol. The molecule has 0 aromatic carbocycles. The Kier molecular flexibility index (Phi) is 8.12. The maximum absolute atomic E-state index is 12.5. The molecule has 0 spiro atoms. The van der Waals surface area contributed by atoms with Crippen LogP contribution in [-0.2, 0) is 14.9 Å². The van der Waals surface area contributed by atoms with Gasteiger partial charge in [-0.1, -0.05) is 6.92 Å². The van der Waals surface area contributed by atoms with Crippen LogP contribution in [0.3, 0.4) is 0 Å². The molecule has 0 aliphatic carbocycles. The van der Waals surface area contributed by atoms with E-state index in [2.05, 4.69) is 12.2 Å². The maximum atomic E-state index is 12.5. The quantitative estimate of drug-likeness (QED) is 0.686. The van der Waals surface area contributed by atoms with Crippen LogP contribution in [0.25, 0.3) is 0 Å². The van der Waals surface area contributed by atoms with Crippen LogP contribution in [0, 0.1) is 5.92 Å².